The molecule has 2 saturated heterocycles. The maximum atomic E-state index is 13.4. The van der Waals surface area contributed by atoms with E-state index in [1.807, 2.05) is 77.3 Å². The Morgan fingerprint density at radius 1 is 0.875 bits per heavy atom. The van der Waals surface area contributed by atoms with Crippen molar-refractivity contribution in [2.45, 2.75) is 69.9 Å². The predicted octanol–water partition coefficient (Wildman–Crippen LogP) is 5.48. The van der Waals surface area contributed by atoms with Crippen LogP contribution in [0.5, 0.6) is 11.5 Å². The third-order valence-electron chi connectivity index (χ3n) is 12.8. The molecule has 64 heavy (non-hydrogen) atoms. The highest BCUT2D eigenvalue weighted by atomic mass is 16.5. The molecule has 16 heteroatoms. The molecule has 0 aliphatic carbocycles. The number of nitrogens with zero attached hydrogens (tertiary/aromatic N) is 6. The Morgan fingerprint density at radius 3 is 2.34 bits per heavy atom. The van der Waals surface area contributed by atoms with Gasteiger partial charge in [-0.1, -0.05) is 43.2 Å². The monoisotopic (exact) mass is 869 g/mol. The number of imide groups is 2. The van der Waals surface area contributed by atoms with Crippen molar-refractivity contribution in [3.63, 3.8) is 0 Å². The van der Waals surface area contributed by atoms with E-state index in [0.29, 0.717) is 55.4 Å². The molecule has 6 amide bonds. The Labute approximate surface area is 372 Å². The lowest BCUT2D eigenvalue weighted by atomic mass is 9.87. The van der Waals surface area contributed by atoms with Crippen molar-refractivity contribution in [3.8, 4) is 22.8 Å². The molecule has 4 aliphatic heterocycles. The van der Waals surface area contributed by atoms with Crippen molar-refractivity contribution < 1.29 is 33.5 Å². The van der Waals surface area contributed by atoms with E-state index in [-0.39, 0.29) is 60.0 Å². The normalized spacial score (nSPS) is 19.1. The topological polar surface area (TPSA) is 207 Å². The molecule has 334 valence electrons. The van der Waals surface area contributed by atoms with Crippen LogP contribution >= 0.6 is 0 Å². The predicted molar refractivity (Wildman–Crippen MR) is 240 cm³/mol. The van der Waals surface area contributed by atoms with Gasteiger partial charge in [-0.15, -0.1) is 0 Å². The fourth-order valence-electron chi connectivity index (χ4n) is 9.43. The molecule has 2 unspecified atom stereocenters. The lowest BCUT2D eigenvalue weighted by Crippen LogP contribution is -2.56. The number of anilines is 2. The van der Waals surface area contributed by atoms with Gasteiger partial charge in [-0.3, -0.25) is 38.6 Å². The molecular weight excluding hydrogens is 815 g/mol. The highest BCUT2D eigenvalue weighted by Crippen LogP contribution is 2.40. The molecule has 3 aromatic carbocycles. The molecule has 16 nitrogen and oxygen atoms in total. The number of amides is 6. The van der Waals surface area contributed by atoms with Crippen molar-refractivity contribution in [2.24, 2.45) is 11.7 Å². The molecule has 2 atom stereocenters. The van der Waals surface area contributed by atoms with Gasteiger partial charge in [-0.25, -0.2) is 4.68 Å². The number of carbonyl (C=O) groups excluding carboxylic acids is 6. The Hall–Kier alpha value is -6.81. The molecule has 1 aromatic heterocycles. The average molecular weight is 870 g/mol. The Morgan fingerprint density at radius 2 is 1.61 bits per heavy atom. The first-order valence-corrected chi connectivity index (χ1v) is 22.2. The molecule has 5 N–H and O–H groups in total. The van der Waals surface area contributed by atoms with Crippen LogP contribution in [-0.2, 0) is 14.4 Å². The van der Waals surface area contributed by atoms with Gasteiger partial charge in [0.25, 0.3) is 23.6 Å². The number of primary amides is 1. The molecule has 0 bridgehead atoms. The number of para-hydroxylation sites is 1. The lowest BCUT2D eigenvalue weighted by Gasteiger charge is -2.38. The summed E-state index contributed by atoms with van der Waals surface area (Å²) in [5.41, 5.74) is 14.1. The average Bonchev–Trinajstić information content (AvgIpc) is 3.81. The first-order chi connectivity index (χ1) is 31.0. The minimum absolute atomic E-state index is 0.00823. The molecule has 2 fully saturated rings. The third-order valence-corrected chi connectivity index (χ3v) is 12.8. The van der Waals surface area contributed by atoms with Crippen molar-refractivity contribution in [3.05, 3.63) is 102 Å². The first-order valence-electron chi connectivity index (χ1n) is 22.2. The van der Waals surface area contributed by atoms with Crippen LogP contribution in [-0.4, -0.2) is 117 Å². The van der Waals surface area contributed by atoms with Gasteiger partial charge in [0.05, 0.1) is 17.2 Å². The van der Waals surface area contributed by atoms with Crippen LogP contribution in [0.1, 0.15) is 94.9 Å². The zero-order valence-electron chi connectivity index (χ0n) is 36.1. The Kier molecular flexibility index (Phi) is 13.2. The number of hydrogen-bond acceptors (Lipinski definition) is 11. The minimum atomic E-state index is -1.03. The summed E-state index contributed by atoms with van der Waals surface area (Å²) in [4.78, 5) is 84.6. The molecular formula is C48H55N9O7. The van der Waals surface area contributed by atoms with E-state index in [1.54, 1.807) is 18.2 Å². The van der Waals surface area contributed by atoms with Gasteiger partial charge in [-0.05, 0) is 107 Å². The van der Waals surface area contributed by atoms with Crippen LogP contribution in [0, 0.1) is 5.92 Å². The molecule has 8 rings (SSSR count). The number of piperidine rings is 2. The fraction of sp³-hybridized carbons (Fsp3) is 0.396. The van der Waals surface area contributed by atoms with Crippen molar-refractivity contribution in [1.82, 2.24) is 29.4 Å². The number of unbranched alkanes of at least 4 members (excludes halogenated alkanes) is 3. The summed E-state index contributed by atoms with van der Waals surface area (Å²) in [5, 5.41) is 8.36. The molecule has 0 radical (unpaired) electrons. The highest BCUT2D eigenvalue weighted by molar-refractivity contribution is 6.25. The number of nitrogens with one attached hydrogen (secondary N) is 1. The van der Waals surface area contributed by atoms with Crippen LogP contribution < -0.4 is 21.5 Å². The Bertz CT molecular complexity index is 2440. The number of ether oxygens (including phenoxy) is 1. The molecule has 5 heterocycles. The van der Waals surface area contributed by atoms with Crippen LogP contribution in [0.3, 0.4) is 0 Å². The number of rotatable bonds is 16. The number of fused-ring (bicyclic) bond motifs is 2. The lowest BCUT2D eigenvalue weighted by molar-refractivity contribution is -0.151. The molecule has 0 spiro atoms. The van der Waals surface area contributed by atoms with E-state index in [9.17, 15) is 28.8 Å². The van der Waals surface area contributed by atoms with Gasteiger partial charge in [0.15, 0.2) is 0 Å². The van der Waals surface area contributed by atoms with Crippen molar-refractivity contribution in [2.75, 3.05) is 57.4 Å². The number of nitrogen functional groups attached to an aromatic ring is 1. The van der Waals surface area contributed by atoms with E-state index in [2.05, 4.69) is 10.2 Å². The van der Waals surface area contributed by atoms with E-state index in [4.69, 9.17) is 21.3 Å². The number of carbonyl (C=O) groups is 6. The van der Waals surface area contributed by atoms with Gasteiger partial charge in [-0.2, -0.15) is 5.10 Å². The van der Waals surface area contributed by atoms with Crippen molar-refractivity contribution >= 4 is 46.9 Å². The molecule has 0 saturated carbocycles. The number of nitrogens with two attached hydrogens (primary N) is 2. The van der Waals surface area contributed by atoms with Gasteiger partial charge in [0, 0.05) is 56.5 Å². The number of aromatic nitrogens is 2. The Balaban J connectivity index is 0.756. The van der Waals surface area contributed by atoms with Gasteiger partial charge >= 0.3 is 0 Å². The summed E-state index contributed by atoms with van der Waals surface area (Å²) in [6.07, 6.45) is 9.43. The number of likely N-dealkylation sites (tertiary alicyclic amines) is 2. The zero-order valence-corrected chi connectivity index (χ0v) is 36.1. The van der Waals surface area contributed by atoms with Gasteiger partial charge in [0.1, 0.15) is 34.6 Å². The summed E-state index contributed by atoms with van der Waals surface area (Å²) in [6.45, 7) is 3.63. The maximum absolute atomic E-state index is 13.4. The van der Waals surface area contributed by atoms with E-state index in [0.717, 1.165) is 61.3 Å². The van der Waals surface area contributed by atoms with E-state index < -0.39 is 29.7 Å². The third kappa shape index (κ3) is 9.14. The molecule has 4 aromatic rings. The van der Waals surface area contributed by atoms with Crippen molar-refractivity contribution in [1.29, 1.82) is 0 Å². The van der Waals surface area contributed by atoms with Crippen LogP contribution in [0.4, 0.5) is 11.5 Å². The van der Waals surface area contributed by atoms with Gasteiger partial charge in [0.2, 0.25) is 11.8 Å². The summed E-state index contributed by atoms with van der Waals surface area (Å²) >= 11 is 0. The second-order valence-electron chi connectivity index (χ2n) is 17.0. The van der Waals surface area contributed by atoms with Crippen LogP contribution in [0.2, 0.25) is 0 Å². The smallest absolute Gasteiger partial charge is 0.264 e. The van der Waals surface area contributed by atoms with Crippen LogP contribution in [0.25, 0.3) is 11.3 Å². The highest BCUT2D eigenvalue weighted by Gasteiger charge is 2.47. The second-order valence-corrected chi connectivity index (χ2v) is 17.0. The quantitative estimate of drug-likeness (QED) is 0.0556. The molecule has 4 aliphatic rings. The SMILES string of the molecule is CN(CC=CC(=O)N1CCC(C2CCNc3c(C(N)=O)c(-c4ccc(Oc5ccccc5)cc4)nn32)CC1)CCCCCCN1C(=O)CCC(N2C(=O)c3cccc(N)c3C2=O)C1=O. The van der Waals surface area contributed by atoms with E-state index in [1.165, 1.54) is 11.0 Å². The standard InChI is InChI=1S/C48H55N9O7/c1-53(26-7-2-3-8-28-55-40(59)21-20-38(47(55)62)56-46(61)35-13-9-14-36(49)41(35)48(56)63)27-10-15-39(58)54-29-23-31(24-30-54)37-22-25-51-45-42(44(50)60)43(52-57(37)45)32-16-18-34(19-17-32)64-33-11-5-4-6-12-33/h4-6,9-19,31,37-38,51H,2-3,7-8,20-30,49H2,1H3,(H2,50,60). The number of benzene rings is 3. The number of hydrogen-bond donors (Lipinski definition) is 3. The minimum Gasteiger partial charge on any atom is -0.457 e. The summed E-state index contributed by atoms with van der Waals surface area (Å²) in [6, 6.07) is 20.7. The summed E-state index contributed by atoms with van der Waals surface area (Å²) in [7, 11) is 2.01. The zero-order chi connectivity index (χ0) is 44.9. The maximum Gasteiger partial charge on any atom is 0.264 e. The van der Waals surface area contributed by atoms with Crippen LogP contribution in [0.15, 0.2) is 84.9 Å². The second kappa shape index (κ2) is 19.3. The van der Waals surface area contributed by atoms with E-state index >= 15 is 0 Å². The van der Waals surface area contributed by atoms with Gasteiger partial charge < -0.3 is 31.3 Å². The summed E-state index contributed by atoms with van der Waals surface area (Å²) < 4.78 is 7.90. The fourth-order valence-corrected chi connectivity index (χ4v) is 9.43. The number of likely N-dealkylation sites (N-methyl/N-ethyl adjacent to an activating group) is 1. The summed E-state index contributed by atoms with van der Waals surface area (Å²) in [5.74, 6) is -0.195. The first kappa shape index (κ1) is 43.8. The largest absolute Gasteiger partial charge is 0.457 e.